The van der Waals surface area contributed by atoms with Crippen LogP contribution in [0.25, 0.3) is 0 Å². The number of aryl methyl sites for hydroxylation is 2. The van der Waals surface area contributed by atoms with E-state index < -0.39 is 0 Å². The van der Waals surface area contributed by atoms with Crippen molar-refractivity contribution in [3.63, 3.8) is 0 Å². The van der Waals surface area contributed by atoms with Crippen LogP contribution in [0.4, 0.5) is 0 Å². The number of halogens is 2. The molecule has 0 bridgehead atoms. The fraction of sp³-hybridized carbons (Fsp3) is 0.222. The van der Waals surface area contributed by atoms with Crippen molar-refractivity contribution in [1.82, 2.24) is 15.0 Å². The molecule has 0 N–H and O–H groups in total. The predicted molar refractivity (Wildman–Crippen MR) is 101 cm³/mol. The zero-order valence-electron chi connectivity index (χ0n) is 13.7. The molecule has 7 heteroatoms. The van der Waals surface area contributed by atoms with Crippen LogP contribution in [0.5, 0.6) is 0 Å². The van der Waals surface area contributed by atoms with E-state index in [0.29, 0.717) is 27.3 Å². The molecule has 0 radical (unpaired) electrons. The van der Waals surface area contributed by atoms with E-state index in [2.05, 4.69) is 15.0 Å². The van der Waals surface area contributed by atoms with Crippen LogP contribution in [0.15, 0.2) is 30.5 Å². The van der Waals surface area contributed by atoms with Gasteiger partial charge in [0.25, 0.3) is 0 Å². The molecule has 3 aromatic rings. The predicted octanol–water partition coefficient (Wildman–Crippen LogP) is 4.87. The van der Waals surface area contributed by atoms with Crippen molar-refractivity contribution in [2.45, 2.75) is 26.7 Å². The lowest BCUT2D eigenvalue weighted by molar-refractivity contribution is 0.0996. The Bertz CT molecular complexity index is 899. The lowest BCUT2D eigenvalue weighted by Crippen LogP contribution is -2.03. The second-order valence-corrected chi connectivity index (χ2v) is 7.57. The lowest BCUT2D eigenvalue weighted by atomic mass is 10.0. The summed E-state index contributed by atoms with van der Waals surface area (Å²) in [6.07, 6.45) is 2.40. The van der Waals surface area contributed by atoms with Crippen molar-refractivity contribution in [2.75, 3.05) is 0 Å². The third-order valence-corrected chi connectivity index (χ3v) is 5.30. The first-order valence-electron chi connectivity index (χ1n) is 7.64. The Balaban J connectivity index is 1.75. The number of hydrogen-bond acceptors (Lipinski definition) is 5. The quantitative estimate of drug-likeness (QED) is 0.459. The maximum atomic E-state index is 12.6. The molecule has 0 saturated heterocycles. The van der Waals surface area contributed by atoms with E-state index in [-0.39, 0.29) is 12.2 Å². The van der Waals surface area contributed by atoms with Gasteiger partial charge < -0.3 is 0 Å². The molecule has 0 aliphatic carbocycles. The first-order valence-corrected chi connectivity index (χ1v) is 9.21. The molecule has 1 aromatic carbocycles. The zero-order valence-corrected chi connectivity index (χ0v) is 16.0. The van der Waals surface area contributed by atoms with Crippen LogP contribution in [0.1, 0.15) is 37.3 Å². The molecule has 0 spiro atoms. The Morgan fingerprint density at radius 3 is 2.72 bits per heavy atom. The normalized spacial score (nSPS) is 10.9. The summed E-state index contributed by atoms with van der Waals surface area (Å²) in [5.74, 6) is 0.626. The molecule has 0 aliphatic rings. The lowest BCUT2D eigenvalue weighted by Gasteiger charge is -2.06. The van der Waals surface area contributed by atoms with Gasteiger partial charge in [0, 0.05) is 24.1 Å². The molecular weight excluding hydrogens is 377 g/mol. The van der Waals surface area contributed by atoms with E-state index in [1.54, 1.807) is 25.3 Å². The highest BCUT2D eigenvalue weighted by molar-refractivity contribution is 7.13. The van der Waals surface area contributed by atoms with Gasteiger partial charge in [-0.1, -0.05) is 35.3 Å². The summed E-state index contributed by atoms with van der Waals surface area (Å²) in [5, 5.41) is 1.84. The van der Waals surface area contributed by atoms with Crippen LogP contribution >= 0.6 is 34.5 Å². The van der Waals surface area contributed by atoms with Gasteiger partial charge in [-0.3, -0.25) is 4.79 Å². The van der Waals surface area contributed by atoms with Crippen molar-refractivity contribution in [1.29, 1.82) is 0 Å². The topological polar surface area (TPSA) is 55.7 Å². The number of ketones is 1. The highest BCUT2D eigenvalue weighted by Crippen LogP contribution is 2.24. The van der Waals surface area contributed by atoms with E-state index in [0.717, 1.165) is 21.8 Å². The fourth-order valence-corrected chi connectivity index (χ4v) is 3.90. The Kier molecular flexibility index (Phi) is 5.47. The second kappa shape index (κ2) is 7.60. The SMILES string of the molecule is Cc1nc(Cl)cc(Cc2ncc(C(=O)Cc3c(C)cccc3Cl)s2)n1. The molecule has 4 nitrogen and oxygen atoms in total. The van der Waals surface area contributed by atoms with Gasteiger partial charge in [0.2, 0.25) is 0 Å². The molecule has 0 atom stereocenters. The van der Waals surface area contributed by atoms with Gasteiger partial charge in [-0.05, 0) is 37.1 Å². The molecule has 25 heavy (non-hydrogen) atoms. The Hall–Kier alpha value is -1.82. The zero-order chi connectivity index (χ0) is 18.0. The number of aromatic nitrogens is 3. The van der Waals surface area contributed by atoms with Crippen LogP contribution in [0.3, 0.4) is 0 Å². The minimum atomic E-state index is 0.0110. The molecule has 0 fully saturated rings. The smallest absolute Gasteiger partial charge is 0.178 e. The van der Waals surface area contributed by atoms with Gasteiger partial charge in [-0.25, -0.2) is 15.0 Å². The van der Waals surface area contributed by atoms with E-state index in [1.165, 1.54) is 11.3 Å². The molecule has 3 rings (SSSR count). The van der Waals surface area contributed by atoms with Crippen molar-refractivity contribution in [3.05, 3.63) is 73.2 Å². The number of benzene rings is 1. The molecule has 0 unspecified atom stereocenters. The Labute approximate surface area is 159 Å². The Morgan fingerprint density at radius 2 is 2.00 bits per heavy atom. The molecule has 128 valence electrons. The van der Waals surface area contributed by atoms with Crippen LogP contribution < -0.4 is 0 Å². The van der Waals surface area contributed by atoms with E-state index in [9.17, 15) is 4.79 Å². The summed E-state index contributed by atoms with van der Waals surface area (Å²) in [6, 6.07) is 7.35. The van der Waals surface area contributed by atoms with Crippen LogP contribution in [0, 0.1) is 13.8 Å². The molecule has 0 amide bonds. The summed E-state index contributed by atoms with van der Waals surface area (Å²) in [6.45, 7) is 3.74. The summed E-state index contributed by atoms with van der Waals surface area (Å²) < 4.78 is 0. The van der Waals surface area contributed by atoms with Gasteiger partial charge in [0.05, 0.1) is 15.6 Å². The molecular formula is C18H15Cl2N3OS. The molecule has 0 aliphatic heterocycles. The standard InChI is InChI=1S/C18H15Cl2N3OS/c1-10-4-3-5-14(19)13(10)8-15(24)16-9-21-18(25-16)7-12-6-17(20)23-11(2)22-12/h3-6,9H,7-8H2,1-2H3. The van der Waals surface area contributed by atoms with Crippen molar-refractivity contribution in [2.24, 2.45) is 0 Å². The third-order valence-electron chi connectivity index (χ3n) is 3.71. The first kappa shape index (κ1) is 18.0. The summed E-state index contributed by atoms with van der Waals surface area (Å²) >= 11 is 13.5. The van der Waals surface area contributed by atoms with Crippen molar-refractivity contribution in [3.8, 4) is 0 Å². The van der Waals surface area contributed by atoms with Crippen molar-refractivity contribution >= 4 is 40.3 Å². The van der Waals surface area contributed by atoms with Gasteiger partial charge in [0.1, 0.15) is 11.0 Å². The largest absolute Gasteiger partial charge is 0.293 e. The highest BCUT2D eigenvalue weighted by Gasteiger charge is 2.15. The average molecular weight is 392 g/mol. The second-order valence-electron chi connectivity index (χ2n) is 5.66. The monoisotopic (exact) mass is 391 g/mol. The van der Waals surface area contributed by atoms with Gasteiger partial charge >= 0.3 is 0 Å². The summed E-state index contributed by atoms with van der Waals surface area (Å²) in [4.78, 5) is 25.9. The van der Waals surface area contributed by atoms with Crippen molar-refractivity contribution < 1.29 is 4.79 Å². The minimum Gasteiger partial charge on any atom is -0.293 e. The number of Topliss-reactive ketones (excluding diaryl/α,β-unsaturated/α-hetero) is 1. The number of thiazole rings is 1. The maximum absolute atomic E-state index is 12.6. The van der Waals surface area contributed by atoms with E-state index in [4.69, 9.17) is 23.2 Å². The third kappa shape index (κ3) is 4.42. The van der Waals surface area contributed by atoms with Crippen LogP contribution in [-0.4, -0.2) is 20.7 Å². The number of carbonyl (C=O) groups excluding carboxylic acids is 1. The Morgan fingerprint density at radius 1 is 1.20 bits per heavy atom. The molecule has 2 aromatic heterocycles. The van der Waals surface area contributed by atoms with E-state index in [1.807, 2.05) is 19.1 Å². The van der Waals surface area contributed by atoms with Crippen LogP contribution in [0.2, 0.25) is 10.2 Å². The summed E-state index contributed by atoms with van der Waals surface area (Å²) in [7, 11) is 0. The van der Waals surface area contributed by atoms with E-state index >= 15 is 0 Å². The highest BCUT2D eigenvalue weighted by atomic mass is 35.5. The first-order chi connectivity index (χ1) is 11.9. The fourth-order valence-electron chi connectivity index (χ4n) is 2.49. The van der Waals surface area contributed by atoms with Gasteiger partial charge in [-0.15, -0.1) is 11.3 Å². The average Bonchev–Trinajstić information content (AvgIpc) is 2.98. The molecule has 2 heterocycles. The number of rotatable bonds is 5. The molecule has 0 saturated carbocycles. The summed E-state index contributed by atoms with van der Waals surface area (Å²) in [5.41, 5.74) is 2.66. The number of nitrogens with zero attached hydrogens (tertiary/aromatic N) is 3. The number of carbonyl (C=O) groups is 1. The minimum absolute atomic E-state index is 0.0110. The van der Waals surface area contributed by atoms with Crippen LogP contribution in [-0.2, 0) is 12.8 Å². The van der Waals surface area contributed by atoms with Gasteiger partial charge in [-0.2, -0.15) is 0 Å². The van der Waals surface area contributed by atoms with Gasteiger partial charge in [0.15, 0.2) is 5.78 Å². The number of hydrogen-bond donors (Lipinski definition) is 0. The maximum Gasteiger partial charge on any atom is 0.178 e.